The standard InChI is InChI=1S/C14H21NO3/c1-5-14(3,4)18-12-10(13(16)17-6-2)8-7-9-11(12)15/h7-9H,5-6,15H2,1-4H3. The molecule has 0 aromatic heterocycles. The molecule has 0 fully saturated rings. The maximum absolute atomic E-state index is 11.8. The van der Waals surface area contributed by atoms with Crippen LogP contribution in [0.5, 0.6) is 5.75 Å². The summed E-state index contributed by atoms with van der Waals surface area (Å²) in [5.74, 6) is -0.00509. The van der Waals surface area contributed by atoms with Crippen molar-refractivity contribution in [2.24, 2.45) is 0 Å². The first-order valence-corrected chi connectivity index (χ1v) is 6.16. The number of carbonyl (C=O) groups is 1. The zero-order chi connectivity index (χ0) is 13.8. The van der Waals surface area contributed by atoms with Crippen molar-refractivity contribution in [2.75, 3.05) is 12.3 Å². The third-order valence-corrected chi connectivity index (χ3v) is 2.77. The molecule has 18 heavy (non-hydrogen) atoms. The molecule has 1 aromatic carbocycles. The normalized spacial score (nSPS) is 11.1. The largest absolute Gasteiger partial charge is 0.485 e. The van der Waals surface area contributed by atoms with Crippen LogP contribution < -0.4 is 10.5 Å². The zero-order valence-corrected chi connectivity index (χ0v) is 11.4. The predicted octanol–water partition coefficient (Wildman–Crippen LogP) is 3.01. The molecule has 0 aliphatic heterocycles. The Morgan fingerprint density at radius 3 is 2.56 bits per heavy atom. The van der Waals surface area contributed by atoms with E-state index in [0.29, 0.717) is 23.6 Å². The van der Waals surface area contributed by atoms with E-state index in [1.165, 1.54) is 0 Å². The summed E-state index contributed by atoms with van der Waals surface area (Å²) in [6.07, 6.45) is 0.809. The van der Waals surface area contributed by atoms with Crippen LogP contribution in [0.25, 0.3) is 0 Å². The lowest BCUT2D eigenvalue weighted by molar-refractivity contribution is 0.0508. The van der Waals surface area contributed by atoms with Gasteiger partial charge in [-0.3, -0.25) is 0 Å². The highest BCUT2D eigenvalue weighted by Gasteiger charge is 2.23. The highest BCUT2D eigenvalue weighted by molar-refractivity contribution is 5.94. The van der Waals surface area contributed by atoms with Gasteiger partial charge in [-0.15, -0.1) is 0 Å². The topological polar surface area (TPSA) is 61.5 Å². The number of nitrogen functional groups attached to an aromatic ring is 1. The second kappa shape index (κ2) is 5.76. The van der Waals surface area contributed by atoms with Gasteiger partial charge in [0.15, 0.2) is 5.75 Å². The Bertz CT molecular complexity index is 427. The van der Waals surface area contributed by atoms with Crippen LogP contribution in [-0.4, -0.2) is 18.2 Å². The second-order valence-electron chi connectivity index (χ2n) is 4.66. The number of anilines is 1. The molecule has 100 valence electrons. The maximum Gasteiger partial charge on any atom is 0.341 e. The van der Waals surface area contributed by atoms with Gasteiger partial charge in [0, 0.05) is 0 Å². The fourth-order valence-electron chi connectivity index (χ4n) is 1.39. The van der Waals surface area contributed by atoms with Gasteiger partial charge in [-0.05, 0) is 39.3 Å². The smallest absolute Gasteiger partial charge is 0.341 e. The molecule has 1 aromatic rings. The summed E-state index contributed by atoms with van der Waals surface area (Å²) in [5.41, 5.74) is 6.33. The molecule has 0 aliphatic carbocycles. The molecule has 0 saturated carbocycles. The van der Waals surface area contributed by atoms with E-state index in [0.717, 1.165) is 6.42 Å². The van der Waals surface area contributed by atoms with Crippen LogP contribution in [-0.2, 0) is 4.74 Å². The average molecular weight is 251 g/mol. The number of hydrogen-bond acceptors (Lipinski definition) is 4. The summed E-state index contributed by atoms with van der Waals surface area (Å²) in [6, 6.07) is 5.09. The number of rotatable bonds is 5. The van der Waals surface area contributed by atoms with Gasteiger partial charge in [0.1, 0.15) is 11.2 Å². The van der Waals surface area contributed by atoms with Crippen molar-refractivity contribution in [3.8, 4) is 5.75 Å². The highest BCUT2D eigenvalue weighted by atomic mass is 16.5. The molecule has 0 aliphatic rings. The van der Waals surface area contributed by atoms with Crippen LogP contribution in [0.3, 0.4) is 0 Å². The Balaban J connectivity index is 3.12. The van der Waals surface area contributed by atoms with Gasteiger partial charge in [-0.2, -0.15) is 0 Å². The number of benzene rings is 1. The molecular weight excluding hydrogens is 230 g/mol. The minimum atomic E-state index is -0.410. The van der Waals surface area contributed by atoms with Crippen LogP contribution in [0.1, 0.15) is 44.5 Å². The lowest BCUT2D eigenvalue weighted by Gasteiger charge is -2.26. The Hall–Kier alpha value is -1.71. The monoisotopic (exact) mass is 251 g/mol. The van der Waals surface area contributed by atoms with Gasteiger partial charge in [-0.1, -0.05) is 13.0 Å². The summed E-state index contributed by atoms with van der Waals surface area (Å²) >= 11 is 0. The highest BCUT2D eigenvalue weighted by Crippen LogP contribution is 2.31. The van der Waals surface area contributed by atoms with Gasteiger partial charge in [0.2, 0.25) is 0 Å². The van der Waals surface area contributed by atoms with Crippen LogP contribution >= 0.6 is 0 Å². The quantitative estimate of drug-likeness (QED) is 0.645. The van der Waals surface area contributed by atoms with Crippen molar-refractivity contribution >= 4 is 11.7 Å². The number of esters is 1. The van der Waals surface area contributed by atoms with Crippen molar-refractivity contribution < 1.29 is 14.3 Å². The first kappa shape index (κ1) is 14.4. The Kier molecular flexibility index (Phi) is 4.59. The molecule has 0 spiro atoms. The first-order valence-electron chi connectivity index (χ1n) is 6.16. The molecule has 4 nitrogen and oxygen atoms in total. The lowest BCUT2D eigenvalue weighted by Crippen LogP contribution is -2.28. The summed E-state index contributed by atoms with van der Waals surface area (Å²) in [5, 5.41) is 0. The molecule has 2 N–H and O–H groups in total. The number of para-hydroxylation sites is 1. The number of ether oxygens (including phenoxy) is 2. The van der Waals surface area contributed by atoms with Crippen molar-refractivity contribution in [3.63, 3.8) is 0 Å². The van der Waals surface area contributed by atoms with Crippen LogP contribution in [0.15, 0.2) is 18.2 Å². The molecule has 0 saturated heterocycles. The van der Waals surface area contributed by atoms with E-state index in [2.05, 4.69) is 0 Å². The van der Waals surface area contributed by atoms with Crippen LogP contribution in [0, 0.1) is 0 Å². The van der Waals surface area contributed by atoms with E-state index >= 15 is 0 Å². The third-order valence-electron chi connectivity index (χ3n) is 2.77. The number of nitrogens with two attached hydrogens (primary N) is 1. The lowest BCUT2D eigenvalue weighted by atomic mass is 10.1. The molecular formula is C14H21NO3. The van der Waals surface area contributed by atoms with E-state index in [4.69, 9.17) is 15.2 Å². The molecule has 4 heteroatoms. The Morgan fingerprint density at radius 2 is 2.00 bits per heavy atom. The van der Waals surface area contributed by atoms with E-state index in [1.54, 1.807) is 25.1 Å². The van der Waals surface area contributed by atoms with Crippen molar-refractivity contribution in [2.45, 2.75) is 39.7 Å². The van der Waals surface area contributed by atoms with E-state index in [9.17, 15) is 4.79 Å². The summed E-state index contributed by atoms with van der Waals surface area (Å²) in [4.78, 5) is 11.8. The minimum absolute atomic E-state index is 0.324. The molecule has 0 atom stereocenters. The van der Waals surface area contributed by atoms with Crippen molar-refractivity contribution in [1.29, 1.82) is 0 Å². The fraction of sp³-hybridized carbons (Fsp3) is 0.500. The van der Waals surface area contributed by atoms with E-state index < -0.39 is 5.97 Å². The van der Waals surface area contributed by atoms with E-state index in [-0.39, 0.29) is 5.60 Å². The average Bonchev–Trinajstić information content (AvgIpc) is 2.32. The summed E-state index contributed by atoms with van der Waals surface area (Å²) < 4.78 is 10.9. The van der Waals surface area contributed by atoms with Crippen LogP contribution in [0.4, 0.5) is 5.69 Å². The zero-order valence-electron chi connectivity index (χ0n) is 11.4. The van der Waals surface area contributed by atoms with Crippen molar-refractivity contribution in [3.05, 3.63) is 23.8 Å². The molecule has 0 bridgehead atoms. The fourth-order valence-corrected chi connectivity index (χ4v) is 1.39. The van der Waals surface area contributed by atoms with Crippen molar-refractivity contribution in [1.82, 2.24) is 0 Å². The van der Waals surface area contributed by atoms with Gasteiger partial charge in [0.05, 0.1) is 12.3 Å². The maximum atomic E-state index is 11.8. The second-order valence-corrected chi connectivity index (χ2v) is 4.66. The summed E-state index contributed by atoms with van der Waals surface area (Å²) in [6.45, 7) is 8.01. The van der Waals surface area contributed by atoms with Gasteiger partial charge < -0.3 is 15.2 Å². The molecule has 0 heterocycles. The van der Waals surface area contributed by atoms with Gasteiger partial charge in [0.25, 0.3) is 0 Å². The van der Waals surface area contributed by atoms with Crippen LogP contribution in [0.2, 0.25) is 0 Å². The molecule has 0 unspecified atom stereocenters. The molecule has 0 amide bonds. The summed E-state index contributed by atoms with van der Waals surface area (Å²) in [7, 11) is 0. The van der Waals surface area contributed by atoms with E-state index in [1.807, 2.05) is 20.8 Å². The van der Waals surface area contributed by atoms with Gasteiger partial charge in [-0.25, -0.2) is 4.79 Å². The Morgan fingerprint density at radius 1 is 1.33 bits per heavy atom. The molecule has 0 radical (unpaired) electrons. The molecule has 1 rings (SSSR count). The SMILES string of the molecule is CCOC(=O)c1cccc(N)c1OC(C)(C)CC. The Labute approximate surface area is 108 Å². The minimum Gasteiger partial charge on any atom is -0.485 e. The number of hydrogen-bond donors (Lipinski definition) is 1. The number of carbonyl (C=O) groups excluding carboxylic acids is 1. The van der Waals surface area contributed by atoms with Gasteiger partial charge >= 0.3 is 5.97 Å². The first-order chi connectivity index (χ1) is 8.41. The third kappa shape index (κ3) is 3.39. The predicted molar refractivity (Wildman–Crippen MR) is 71.8 cm³/mol.